The number of imidazole rings is 1. The topological polar surface area (TPSA) is 73.6 Å². The Morgan fingerprint density at radius 3 is 2.67 bits per heavy atom. The molecule has 0 saturated carbocycles. The number of ether oxygens (including phenoxy) is 2. The molecule has 0 bridgehead atoms. The number of aliphatic carboxylic acids is 1. The first kappa shape index (κ1) is 14.6. The molecule has 2 aromatic carbocycles. The van der Waals surface area contributed by atoms with Crippen molar-refractivity contribution in [2.45, 2.75) is 13.5 Å². The highest BCUT2D eigenvalue weighted by atomic mass is 16.6. The molecular weight excluding hydrogens is 308 g/mol. The Kier molecular flexibility index (Phi) is 3.37. The van der Waals surface area contributed by atoms with Crippen LogP contribution < -0.4 is 9.47 Å². The van der Waals surface area contributed by atoms with E-state index in [9.17, 15) is 9.90 Å². The number of nitrogens with zero attached hydrogens (tertiary/aromatic N) is 2. The number of hydrogen-bond donors (Lipinski definition) is 1. The summed E-state index contributed by atoms with van der Waals surface area (Å²) in [5.74, 6) is 0.970. The van der Waals surface area contributed by atoms with Gasteiger partial charge in [-0.05, 0) is 13.0 Å². The fourth-order valence-electron chi connectivity index (χ4n) is 2.96. The summed E-state index contributed by atoms with van der Waals surface area (Å²) in [4.78, 5) is 16.0. The molecule has 1 aliphatic rings. The van der Waals surface area contributed by atoms with E-state index >= 15 is 0 Å². The van der Waals surface area contributed by atoms with E-state index in [0.29, 0.717) is 36.1 Å². The highest BCUT2D eigenvalue weighted by Gasteiger charge is 2.20. The standard InChI is InChI=1S/C18H16N2O4/c1-11-3-2-4-12(7-11)18-19-13-8-15-16(24-6-5-23-15)9-14(13)20(18)10-17(21)22/h2-4,7-9H,5-6,10H2,1H3,(H,21,22). The molecule has 0 radical (unpaired) electrons. The minimum atomic E-state index is -0.918. The first-order chi connectivity index (χ1) is 11.6. The third-order valence-electron chi connectivity index (χ3n) is 3.98. The maximum atomic E-state index is 11.3. The molecule has 0 atom stereocenters. The lowest BCUT2D eigenvalue weighted by Gasteiger charge is -2.18. The van der Waals surface area contributed by atoms with Crippen molar-refractivity contribution in [2.24, 2.45) is 0 Å². The van der Waals surface area contributed by atoms with Crippen LogP contribution in [0.1, 0.15) is 5.56 Å². The zero-order valence-electron chi connectivity index (χ0n) is 13.2. The number of aryl methyl sites for hydroxylation is 1. The zero-order valence-corrected chi connectivity index (χ0v) is 13.2. The van der Waals surface area contributed by atoms with Crippen molar-refractivity contribution in [1.82, 2.24) is 9.55 Å². The van der Waals surface area contributed by atoms with Gasteiger partial charge in [-0.1, -0.05) is 23.8 Å². The minimum absolute atomic E-state index is 0.167. The SMILES string of the molecule is Cc1cccc(-c2nc3cc4c(cc3n2CC(=O)O)OCCO4)c1. The maximum Gasteiger partial charge on any atom is 0.323 e. The summed E-state index contributed by atoms with van der Waals surface area (Å²) in [5, 5.41) is 9.30. The molecule has 3 aromatic rings. The van der Waals surface area contributed by atoms with E-state index in [1.807, 2.05) is 37.3 Å². The van der Waals surface area contributed by atoms with Crippen molar-refractivity contribution in [3.05, 3.63) is 42.0 Å². The Morgan fingerprint density at radius 1 is 1.21 bits per heavy atom. The number of benzene rings is 2. The molecule has 1 aromatic heterocycles. The second kappa shape index (κ2) is 5.56. The summed E-state index contributed by atoms with van der Waals surface area (Å²) in [6, 6.07) is 11.5. The number of fused-ring (bicyclic) bond motifs is 2. The summed E-state index contributed by atoms with van der Waals surface area (Å²) in [7, 11) is 0. The van der Waals surface area contributed by atoms with Gasteiger partial charge in [0.1, 0.15) is 25.6 Å². The van der Waals surface area contributed by atoms with E-state index in [1.54, 1.807) is 10.6 Å². The minimum Gasteiger partial charge on any atom is -0.486 e. The molecule has 4 rings (SSSR count). The van der Waals surface area contributed by atoms with Gasteiger partial charge >= 0.3 is 5.97 Å². The average molecular weight is 324 g/mol. The van der Waals surface area contributed by atoms with Crippen LogP contribution in [0.4, 0.5) is 0 Å². The lowest BCUT2D eigenvalue weighted by Crippen LogP contribution is -2.15. The van der Waals surface area contributed by atoms with Crippen molar-refractivity contribution in [3.8, 4) is 22.9 Å². The maximum absolute atomic E-state index is 11.3. The number of hydrogen-bond acceptors (Lipinski definition) is 4. The molecule has 0 amide bonds. The molecule has 0 aliphatic carbocycles. The molecule has 1 N–H and O–H groups in total. The van der Waals surface area contributed by atoms with Crippen LogP contribution in [-0.4, -0.2) is 33.8 Å². The molecule has 6 heteroatoms. The first-order valence-electron chi connectivity index (χ1n) is 7.70. The number of carbonyl (C=O) groups is 1. The van der Waals surface area contributed by atoms with Gasteiger partial charge in [-0.3, -0.25) is 4.79 Å². The van der Waals surface area contributed by atoms with E-state index in [-0.39, 0.29) is 6.54 Å². The Hall–Kier alpha value is -3.02. The lowest BCUT2D eigenvalue weighted by molar-refractivity contribution is -0.137. The van der Waals surface area contributed by atoms with Gasteiger partial charge in [-0.25, -0.2) is 4.98 Å². The second-order valence-corrected chi connectivity index (χ2v) is 5.77. The van der Waals surface area contributed by atoms with Crippen LogP contribution in [0.2, 0.25) is 0 Å². The third kappa shape index (κ3) is 2.46. The van der Waals surface area contributed by atoms with Gasteiger partial charge in [-0.2, -0.15) is 0 Å². The van der Waals surface area contributed by atoms with Crippen LogP contribution in [0.5, 0.6) is 11.5 Å². The normalized spacial score (nSPS) is 13.2. The van der Waals surface area contributed by atoms with E-state index in [1.165, 1.54) is 0 Å². The summed E-state index contributed by atoms with van der Waals surface area (Å²) in [6.07, 6.45) is 0. The first-order valence-corrected chi connectivity index (χ1v) is 7.70. The number of rotatable bonds is 3. The van der Waals surface area contributed by atoms with E-state index < -0.39 is 5.97 Å². The van der Waals surface area contributed by atoms with Crippen molar-refractivity contribution in [3.63, 3.8) is 0 Å². The van der Waals surface area contributed by atoms with Crippen LogP contribution in [-0.2, 0) is 11.3 Å². The molecule has 0 fully saturated rings. The second-order valence-electron chi connectivity index (χ2n) is 5.77. The van der Waals surface area contributed by atoms with Crippen LogP contribution in [0.15, 0.2) is 36.4 Å². The van der Waals surface area contributed by atoms with Crippen molar-refractivity contribution in [2.75, 3.05) is 13.2 Å². The van der Waals surface area contributed by atoms with Gasteiger partial charge in [0.15, 0.2) is 11.5 Å². The Balaban J connectivity index is 1.96. The van der Waals surface area contributed by atoms with Gasteiger partial charge in [0.2, 0.25) is 0 Å². The lowest BCUT2D eigenvalue weighted by atomic mass is 10.1. The fraction of sp³-hybridized carbons (Fsp3) is 0.222. The molecule has 6 nitrogen and oxygen atoms in total. The highest BCUT2D eigenvalue weighted by Crippen LogP contribution is 2.36. The number of carboxylic acid groups (broad SMARTS) is 1. The van der Waals surface area contributed by atoms with E-state index in [2.05, 4.69) is 4.98 Å². The van der Waals surface area contributed by atoms with Crippen LogP contribution in [0.3, 0.4) is 0 Å². The molecular formula is C18H16N2O4. The Labute approximate surface area is 138 Å². The third-order valence-corrected chi connectivity index (χ3v) is 3.98. The van der Waals surface area contributed by atoms with Crippen LogP contribution in [0.25, 0.3) is 22.4 Å². The van der Waals surface area contributed by atoms with Gasteiger partial charge < -0.3 is 19.1 Å². The van der Waals surface area contributed by atoms with Gasteiger partial charge in [0.05, 0.1) is 11.0 Å². The van der Waals surface area contributed by atoms with Gasteiger partial charge in [-0.15, -0.1) is 0 Å². The van der Waals surface area contributed by atoms with Crippen molar-refractivity contribution in [1.29, 1.82) is 0 Å². The smallest absolute Gasteiger partial charge is 0.323 e. The van der Waals surface area contributed by atoms with Crippen LogP contribution in [0, 0.1) is 6.92 Å². The Morgan fingerprint density at radius 2 is 1.96 bits per heavy atom. The summed E-state index contributed by atoms with van der Waals surface area (Å²) < 4.78 is 12.9. The summed E-state index contributed by atoms with van der Waals surface area (Å²) in [6.45, 7) is 2.81. The predicted molar refractivity (Wildman–Crippen MR) is 88.5 cm³/mol. The van der Waals surface area contributed by atoms with E-state index in [4.69, 9.17) is 9.47 Å². The molecule has 0 spiro atoms. The molecule has 1 aliphatic heterocycles. The fourth-order valence-corrected chi connectivity index (χ4v) is 2.96. The van der Waals surface area contributed by atoms with Crippen molar-refractivity contribution < 1.29 is 19.4 Å². The van der Waals surface area contributed by atoms with Gasteiger partial charge in [0, 0.05) is 17.7 Å². The predicted octanol–water partition coefficient (Wildman–Crippen LogP) is 2.87. The summed E-state index contributed by atoms with van der Waals surface area (Å²) >= 11 is 0. The number of aromatic nitrogens is 2. The highest BCUT2D eigenvalue weighted by molar-refractivity contribution is 5.86. The zero-order chi connectivity index (χ0) is 16.7. The summed E-state index contributed by atoms with van der Waals surface area (Å²) in [5.41, 5.74) is 3.38. The molecule has 2 heterocycles. The quantitative estimate of drug-likeness (QED) is 0.802. The van der Waals surface area contributed by atoms with E-state index in [0.717, 1.165) is 16.6 Å². The number of carboxylic acids is 1. The molecule has 24 heavy (non-hydrogen) atoms. The molecule has 122 valence electrons. The van der Waals surface area contributed by atoms with Gasteiger partial charge in [0.25, 0.3) is 0 Å². The average Bonchev–Trinajstić information content (AvgIpc) is 2.90. The monoisotopic (exact) mass is 324 g/mol. The Bertz CT molecular complexity index is 946. The van der Waals surface area contributed by atoms with Crippen molar-refractivity contribution >= 4 is 17.0 Å². The largest absolute Gasteiger partial charge is 0.486 e. The van der Waals surface area contributed by atoms with Crippen LogP contribution >= 0.6 is 0 Å². The molecule has 0 unspecified atom stereocenters. The molecule has 0 saturated heterocycles.